The smallest absolute Gasteiger partial charge is 0.334 e. The fourth-order valence-corrected chi connectivity index (χ4v) is 1.16. The molecular formula is C8H17N3O2. The fraction of sp³-hybridized carbons (Fsp3) is 0.875. The van der Waals surface area contributed by atoms with Crippen LogP contribution in [0.1, 0.15) is 20.3 Å². The van der Waals surface area contributed by atoms with Gasteiger partial charge in [0.05, 0.1) is 6.10 Å². The van der Waals surface area contributed by atoms with E-state index in [1.54, 1.807) is 0 Å². The number of urea groups is 1. The monoisotopic (exact) mass is 187 g/mol. The first-order valence-electron chi connectivity index (χ1n) is 4.61. The Morgan fingerprint density at radius 2 is 2.38 bits per heavy atom. The molecule has 0 bridgehead atoms. The summed E-state index contributed by atoms with van der Waals surface area (Å²) in [5.41, 5.74) is 2.37. The lowest BCUT2D eigenvalue weighted by molar-refractivity contribution is 0.00680. The fourth-order valence-electron chi connectivity index (χ4n) is 1.16. The average molecular weight is 187 g/mol. The zero-order valence-electron chi connectivity index (χ0n) is 8.09. The summed E-state index contributed by atoms with van der Waals surface area (Å²) >= 11 is 0. The third-order valence-electron chi connectivity index (χ3n) is 1.75. The van der Waals surface area contributed by atoms with Gasteiger partial charge in [0.15, 0.2) is 0 Å². The summed E-state index contributed by atoms with van der Waals surface area (Å²) in [6, 6.07) is -0.146. The van der Waals surface area contributed by atoms with E-state index in [0.717, 1.165) is 19.5 Å². The summed E-state index contributed by atoms with van der Waals surface area (Å²) < 4.78 is 0. The molecule has 1 unspecified atom stereocenters. The molecule has 0 aliphatic carbocycles. The van der Waals surface area contributed by atoms with Crippen molar-refractivity contribution in [1.82, 2.24) is 16.1 Å². The topological polar surface area (TPSA) is 62.4 Å². The molecule has 13 heavy (non-hydrogen) atoms. The van der Waals surface area contributed by atoms with Crippen LogP contribution in [-0.2, 0) is 4.84 Å². The van der Waals surface area contributed by atoms with Crippen LogP contribution in [0.25, 0.3) is 0 Å². The van der Waals surface area contributed by atoms with Gasteiger partial charge in [-0.3, -0.25) is 4.84 Å². The van der Waals surface area contributed by atoms with Crippen LogP contribution in [-0.4, -0.2) is 31.3 Å². The molecule has 1 saturated heterocycles. The zero-order valence-corrected chi connectivity index (χ0v) is 8.09. The van der Waals surface area contributed by atoms with E-state index in [0.29, 0.717) is 0 Å². The molecule has 5 heteroatoms. The quantitative estimate of drug-likeness (QED) is 0.544. The first-order valence-corrected chi connectivity index (χ1v) is 4.61. The van der Waals surface area contributed by atoms with Crippen LogP contribution >= 0.6 is 0 Å². The maximum absolute atomic E-state index is 11.0. The Labute approximate surface area is 78.2 Å². The highest BCUT2D eigenvalue weighted by atomic mass is 16.7. The van der Waals surface area contributed by atoms with Gasteiger partial charge in [-0.05, 0) is 26.8 Å². The lowest BCUT2D eigenvalue weighted by Gasteiger charge is -2.13. The summed E-state index contributed by atoms with van der Waals surface area (Å²) in [4.78, 5) is 16.2. The molecule has 0 spiro atoms. The van der Waals surface area contributed by atoms with Gasteiger partial charge in [0, 0.05) is 12.6 Å². The first kappa shape index (κ1) is 10.3. The standard InChI is InChI=1S/C8H17N3O2/c1-6(2)10-8(12)11-13-7-3-4-9-5-7/h6-7,9H,3-5H2,1-2H3,(H2,10,11,12). The molecule has 0 aromatic heterocycles. The van der Waals surface area contributed by atoms with Crippen molar-refractivity contribution in [2.24, 2.45) is 0 Å². The Kier molecular flexibility index (Phi) is 3.98. The molecule has 3 N–H and O–H groups in total. The van der Waals surface area contributed by atoms with E-state index in [2.05, 4.69) is 16.1 Å². The third kappa shape index (κ3) is 4.10. The van der Waals surface area contributed by atoms with E-state index in [9.17, 15) is 4.79 Å². The molecule has 0 aromatic carbocycles. The highest BCUT2D eigenvalue weighted by molar-refractivity contribution is 5.72. The van der Waals surface area contributed by atoms with Crippen molar-refractivity contribution in [3.63, 3.8) is 0 Å². The van der Waals surface area contributed by atoms with Gasteiger partial charge in [-0.2, -0.15) is 0 Å². The van der Waals surface area contributed by atoms with Crippen molar-refractivity contribution in [1.29, 1.82) is 0 Å². The molecule has 1 rings (SSSR count). The Hall–Kier alpha value is -0.810. The average Bonchev–Trinajstić information content (AvgIpc) is 2.51. The van der Waals surface area contributed by atoms with Gasteiger partial charge >= 0.3 is 6.03 Å². The van der Waals surface area contributed by atoms with Crippen molar-refractivity contribution in [3.8, 4) is 0 Å². The molecule has 2 amide bonds. The molecule has 5 nitrogen and oxygen atoms in total. The zero-order chi connectivity index (χ0) is 9.68. The van der Waals surface area contributed by atoms with Crippen molar-refractivity contribution < 1.29 is 9.63 Å². The van der Waals surface area contributed by atoms with Crippen LogP contribution in [0.4, 0.5) is 4.79 Å². The van der Waals surface area contributed by atoms with E-state index in [1.165, 1.54) is 0 Å². The van der Waals surface area contributed by atoms with Gasteiger partial charge in [-0.1, -0.05) is 0 Å². The van der Waals surface area contributed by atoms with Gasteiger partial charge in [0.25, 0.3) is 0 Å². The molecular weight excluding hydrogens is 170 g/mol. The van der Waals surface area contributed by atoms with Gasteiger partial charge in [0.1, 0.15) is 0 Å². The van der Waals surface area contributed by atoms with Crippen LogP contribution in [0.5, 0.6) is 0 Å². The normalized spacial score (nSPS) is 21.9. The van der Waals surface area contributed by atoms with Gasteiger partial charge in [-0.15, -0.1) is 0 Å². The van der Waals surface area contributed by atoms with E-state index >= 15 is 0 Å². The number of hydrogen-bond acceptors (Lipinski definition) is 3. The summed E-state index contributed by atoms with van der Waals surface area (Å²) in [6.45, 7) is 5.56. The summed E-state index contributed by atoms with van der Waals surface area (Å²) in [5.74, 6) is 0. The molecule has 76 valence electrons. The van der Waals surface area contributed by atoms with Gasteiger partial charge in [-0.25, -0.2) is 10.3 Å². The minimum Gasteiger partial charge on any atom is -0.334 e. The van der Waals surface area contributed by atoms with E-state index in [4.69, 9.17) is 4.84 Å². The molecule has 0 aromatic rings. The lowest BCUT2D eigenvalue weighted by Crippen LogP contribution is -2.41. The Morgan fingerprint density at radius 1 is 1.62 bits per heavy atom. The maximum atomic E-state index is 11.0. The number of hydrogen-bond donors (Lipinski definition) is 3. The molecule has 0 radical (unpaired) electrons. The number of amides is 2. The number of rotatable bonds is 3. The first-order chi connectivity index (χ1) is 6.18. The van der Waals surface area contributed by atoms with Crippen molar-refractivity contribution in [3.05, 3.63) is 0 Å². The van der Waals surface area contributed by atoms with Crippen molar-refractivity contribution in [2.45, 2.75) is 32.4 Å². The number of carbonyl (C=O) groups is 1. The predicted molar refractivity (Wildman–Crippen MR) is 49.2 cm³/mol. The molecule has 1 aliphatic rings. The van der Waals surface area contributed by atoms with Gasteiger partial charge < -0.3 is 10.6 Å². The molecule has 1 heterocycles. The summed E-state index contributed by atoms with van der Waals surface area (Å²) in [6.07, 6.45) is 1.06. The van der Waals surface area contributed by atoms with Crippen LogP contribution in [0.3, 0.4) is 0 Å². The summed E-state index contributed by atoms with van der Waals surface area (Å²) in [5, 5.41) is 5.81. The third-order valence-corrected chi connectivity index (χ3v) is 1.75. The summed E-state index contributed by atoms with van der Waals surface area (Å²) in [7, 11) is 0. The second-order valence-electron chi connectivity index (χ2n) is 3.46. The molecule has 1 atom stereocenters. The molecule has 1 fully saturated rings. The van der Waals surface area contributed by atoms with E-state index in [1.807, 2.05) is 13.8 Å². The van der Waals surface area contributed by atoms with Gasteiger partial charge in [0.2, 0.25) is 0 Å². The Balaban J connectivity index is 2.07. The van der Waals surface area contributed by atoms with Crippen LogP contribution in [0.15, 0.2) is 0 Å². The Bertz CT molecular complexity index is 167. The van der Waals surface area contributed by atoms with E-state index in [-0.39, 0.29) is 18.2 Å². The second-order valence-corrected chi connectivity index (χ2v) is 3.46. The molecule has 0 saturated carbocycles. The maximum Gasteiger partial charge on any atom is 0.338 e. The number of carbonyl (C=O) groups excluding carboxylic acids is 1. The van der Waals surface area contributed by atoms with Crippen LogP contribution < -0.4 is 16.1 Å². The largest absolute Gasteiger partial charge is 0.338 e. The second kappa shape index (κ2) is 5.04. The van der Waals surface area contributed by atoms with Crippen LogP contribution in [0.2, 0.25) is 0 Å². The highest BCUT2D eigenvalue weighted by Gasteiger charge is 2.16. The lowest BCUT2D eigenvalue weighted by atomic mass is 10.3. The molecule has 1 aliphatic heterocycles. The van der Waals surface area contributed by atoms with Crippen LogP contribution in [0, 0.1) is 0 Å². The number of nitrogens with one attached hydrogen (secondary N) is 3. The predicted octanol–water partition coefficient (Wildman–Crippen LogP) is -0.0125. The van der Waals surface area contributed by atoms with Crippen molar-refractivity contribution in [2.75, 3.05) is 13.1 Å². The Morgan fingerprint density at radius 3 is 2.92 bits per heavy atom. The van der Waals surface area contributed by atoms with Crippen molar-refractivity contribution >= 4 is 6.03 Å². The SMILES string of the molecule is CC(C)NC(=O)NOC1CCNC1. The minimum absolute atomic E-state index is 0.109. The number of hydroxylamine groups is 1. The highest BCUT2D eigenvalue weighted by Crippen LogP contribution is 2.00. The van der Waals surface area contributed by atoms with E-state index < -0.39 is 0 Å². The minimum atomic E-state index is -0.276.